The van der Waals surface area contributed by atoms with Crippen LogP contribution in [0.5, 0.6) is 0 Å². The lowest BCUT2D eigenvalue weighted by molar-refractivity contribution is 0.0265. The van der Waals surface area contributed by atoms with Gasteiger partial charge in [-0.15, -0.1) is 0 Å². The molecule has 0 N–H and O–H groups in total. The molecule has 0 fully saturated rings. The molecule has 1 rings (SSSR count). The lowest BCUT2D eigenvalue weighted by atomic mass is 10.2. The SMILES string of the molecule is CC(C)(C)OC(=O)N1CC=C(F)[C@H](Br)C1. The summed E-state index contributed by atoms with van der Waals surface area (Å²) in [5.74, 6) is -0.227. The van der Waals surface area contributed by atoms with Crippen LogP contribution in [0.15, 0.2) is 11.9 Å². The van der Waals surface area contributed by atoms with Crippen molar-refractivity contribution >= 4 is 22.0 Å². The molecule has 0 aliphatic carbocycles. The largest absolute Gasteiger partial charge is 0.444 e. The Morgan fingerprint density at radius 2 is 2.27 bits per heavy atom. The summed E-state index contributed by atoms with van der Waals surface area (Å²) >= 11 is 3.15. The second-order valence-electron chi connectivity index (χ2n) is 4.44. The van der Waals surface area contributed by atoms with Gasteiger partial charge in [-0.25, -0.2) is 9.18 Å². The summed E-state index contributed by atoms with van der Waals surface area (Å²) in [5, 5.41) is 0. The molecule has 15 heavy (non-hydrogen) atoms. The fourth-order valence-corrected chi connectivity index (χ4v) is 1.69. The quantitative estimate of drug-likeness (QED) is 0.638. The van der Waals surface area contributed by atoms with Crippen LogP contribution in [0.3, 0.4) is 0 Å². The minimum atomic E-state index is -0.515. The van der Waals surface area contributed by atoms with Crippen LogP contribution in [0.1, 0.15) is 20.8 Å². The minimum absolute atomic E-state index is 0.227. The van der Waals surface area contributed by atoms with Gasteiger partial charge in [-0.1, -0.05) is 15.9 Å². The molecule has 0 aromatic rings. The van der Waals surface area contributed by atoms with Gasteiger partial charge in [0.2, 0.25) is 0 Å². The van der Waals surface area contributed by atoms with Crippen molar-refractivity contribution in [1.29, 1.82) is 0 Å². The highest BCUT2D eigenvalue weighted by Crippen LogP contribution is 2.21. The van der Waals surface area contributed by atoms with E-state index in [4.69, 9.17) is 4.74 Å². The fraction of sp³-hybridized carbons (Fsp3) is 0.700. The molecule has 1 aliphatic rings. The van der Waals surface area contributed by atoms with Gasteiger partial charge in [0.15, 0.2) is 0 Å². The number of alkyl halides is 1. The first kappa shape index (κ1) is 12.5. The molecule has 5 heteroatoms. The summed E-state index contributed by atoms with van der Waals surface area (Å²) in [7, 11) is 0. The van der Waals surface area contributed by atoms with Crippen molar-refractivity contribution in [3.63, 3.8) is 0 Å². The van der Waals surface area contributed by atoms with E-state index in [-0.39, 0.29) is 12.4 Å². The molecule has 0 aromatic heterocycles. The molecule has 0 radical (unpaired) electrons. The van der Waals surface area contributed by atoms with E-state index in [0.29, 0.717) is 6.54 Å². The maximum atomic E-state index is 13.0. The normalized spacial score (nSPS) is 22.3. The van der Waals surface area contributed by atoms with Crippen molar-refractivity contribution in [2.24, 2.45) is 0 Å². The Morgan fingerprint density at radius 1 is 1.67 bits per heavy atom. The Bertz CT molecular complexity index is 286. The number of nitrogens with zero attached hydrogens (tertiary/aromatic N) is 1. The van der Waals surface area contributed by atoms with Crippen LogP contribution in [0.4, 0.5) is 9.18 Å². The van der Waals surface area contributed by atoms with E-state index < -0.39 is 16.5 Å². The van der Waals surface area contributed by atoms with E-state index in [1.807, 2.05) is 0 Å². The Balaban J connectivity index is 2.57. The third kappa shape index (κ3) is 3.81. The molecule has 0 bridgehead atoms. The number of ether oxygens (including phenoxy) is 1. The Morgan fingerprint density at radius 3 is 2.73 bits per heavy atom. The van der Waals surface area contributed by atoms with Crippen molar-refractivity contribution in [1.82, 2.24) is 4.90 Å². The van der Waals surface area contributed by atoms with E-state index in [0.717, 1.165) is 0 Å². The topological polar surface area (TPSA) is 29.5 Å². The molecule has 0 unspecified atom stereocenters. The molecule has 0 aromatic carbocycles. The Labute approximate surface area is 97.4 Å². The number of rotatable bonds is 0. The molecule has 0 spiro atoms. The summed E-state index contributed by atoms with van der Waals surface area (Å²) in [4.78, 5) is 12.6. The maximum Gasteiger partial charge on any atom is 0.410 e. The summed E-state index contributed by atoms with van der Waals surface area (Å²) in [6.45, 7) is 5.98. The number of halogens is 2. The summed E-state index contributed by atoms with van der Waals surface area (Å²) in [5.41, 5.74) is -0.515. The van der Waals surface area contributed by atoms with Crippen LogP contribution in [0.25, 0.3) is 0 Å². The monoisotopic (exact) mass is 279 g/mol. The van der Waals surface area contributed by atoms with E-state index in [1.165, 1.54) is 11.0 Å². The van der Waals surface area contributed by atoms with Gasteiger partial charge in [-0.3, -0.25) is 0 Å². The molecular weight excluding hydrogens is 265 g/mol. The highest BCUT2D eigenvalue weighted by molar-refractivity contribution is 9.09. The summed E-state index contributed by atoms with van der Waals surface area (Å²) in [6.07, 6.45) is 0.975. The van der Waals surface area contributed by atoms with Gasteiger partial charge in [-0.2, -0.15) is 0 Å². The first-order valence-electron chi connectivity index (χ1n) is 4.77. The highest BCUT2D eigenvalue weighted by atomic mass is 79.9. The van der Waals surface area contributed by atoms with Gasteiger partial charge in [0.05, 0.1) is 4.83 Å². The van der Waals surface area contributed by atoms with Gasteiger partial charge >= 0.3 is 6.09 Å². The van der Waals surface area contributed by atoms with Crippen molar-refractivity contribution in [3.8, 4) is 0 Å². The average Bonchev–Trinajstić information content (AvgIpc) is 2.06. The van der Waals surface area contributed by atoms with Crippen molar-refractivity contribution in [2.45, 2.75) is 31.2 Å². The molecule has 1 heterocycles. The number of carbonyl (C=O) groups excluding carboxylic acids is 1. The first-order chi connectivity index (χ1) is 6.79. The molecule has 1 aliphatic heterocycles. The zero-order chi connectivity index (χ0) is 11.6. The van der Waals surface area contributed by atoms with Crippen molar-refractivity contribution < 1.29 is 13.9 Å². The summed E-state index contributed by atoms with van der Waals surface area (Å²) in [6, 6.07) is 0. The molecule has 1 atom stereocenters. The standard InChI is InChI=1S/C10H15BrFNO2/c1-10(2,3)15-9(14)13-5-4-8(12)7(11)6-13/h4,7H,5-6H2,1-3H3/t7-/m1/s1. The van der Waals surface area contributed by atoms with Gasteiger partial charge in [0.1, 0.15) is 11.4 Å². The molecule has 0 saturated carbocycles. The van der Waals surface area contributed by atoms with Crippen molar-refractivity contribution in [2.75, 3.05) is 13.1 Å². The molecule has 86 valence electrons. The van der Waals surface area contributed by atoms with Crippen LogP contribution in [0.2, 0.25) is 0 Å². The molecule has 1 amide bonds. The lowest BCUT2D eigenvalue weighted by Crippen LogP contribution is -2.42. The third-order valence-electron chi connectivity index (χ3n) is 1.84. The second kappa shape index (κ2) is 4.51. The zero-order valence-corrected chi connectivity index (χ0v) is 10.7. The smallest absolute Gasteiger partial charge is 0.410 e. The minimum Gasteiger partial charge on any atom is -0.444 e. The van der Waals surface area contributed by atoms with Crippen LogP contribution in [0, 0.1) is 0 Å². The highest BCUT2D eigenvalue weighted by Gasteiger charge is 2.27. The predicted molar refractivity (Wildman–Crippen MR) is 59.7 cm³/mol. The second-order valence-corrected chi connectivity index (χ2v) is 5.55. The van der Waals surface area contributed by atoms with Gasteiger partial charge in [0.25, 0.3) is 0 Å². The van der Waals surface area contributed by atoms with E-state index >= 15 is 0 Å². The summed E-state index contributed by atoms with van der Waals surface area (Å²) < 4.78 is 18.2. The third-order valence-corrected chi connectivity index (χ3v) is 2.57. The van der Waals surface area contributed by atoms with Crippen LogP contribution in [-0.4, -0.2) is 34.5 Å². The average molecular weight is 280 g/mol. The molecular formula is C10H15BrFNO2. The van der Waals surface area contributed by atoms with E-state index in [1.54, 1.807) is 20.8 Å². The predicted octanol–water partition coefficient (Wildman–Crippen LogP) is 2.85. The molecule has 3 nitrogen and oxygen atoms in total. The van der Waals surface area contributed by atoms with E-state index in [2.05, 4.69) is 15.9 Å². The first-order valence-corrected chi connectivity index (χ1v) is 5.69. The van der Waals surface area contributed by atoms with E-state index in [9.17, 15) is 9.18 Å². The Hall–Kier alpha value is -0.580. The number of hydrogen-bond acceptors (Lipinski definition) is 2. The zero-order valence-electron chi connectivity index (χ0n) is 9.09. The number of hydrogen-bond donors (Lipinski definition) is 0. The van der Waals surface area contributed by atoms with Gasteiger partial charge < -0.3 is 9.64 Å². The maximum absolute atomic E-state index is 13.0. The number of carbonyl (C=O) groups is 1. The molecule has 0 saturated heterocycles. The van der Waals surface area contributed by atoms with Gasteiger partial charge in [-0.05, 0) is 26.8 Å². The van der Waals surface area contributed by atoms with Crippen molar-refractivity contribution in [3.05, 3.63) is 11.9 Å². The van der Waals surface area contributed by atoms with Crippen LogP contribution in [-0.2, 0) is 4.74 Å². The fourth-order valence-electron chi connectivity index (χ4n) is 1.16. The van der Waals surface area contributed by atoms with Gasteiger partial charge in [0, 0.05) is 13.1 Å². The van der Waals surface area contributed by atoms with Crippen LogP contribution >= 0.6 is 15.9 Å². The lowest BCUT2D eigenvalue weighted by Gasteiger charge is -2.30. The number of amides is 1. The van der Waals surface area contributed by atoms with Crippen LogP contribution < -0.4 is 0 Å². The Kier molecular flexibility index (Phi) is 3.76.